The predicted molar refractivity (Wildman–Crippen MR) is 100 cm³/mol. The third-order valence-electron chi connectivity index (χ3n) is 5.13. The summed E-state index contributed by atoms with van der Waals surface area (Å²) in [5.41, 5.74) is 0. The highest BCUT2D eigenvalue weighted by atomic mass is 16.3. The molecule has 0 aromatic carbocycles. The number of hydrogen-bond acceptors (Lipinski definition) is 2. The molecule has 0 aromatic rings. The van der Waals surface area contributed by atoms with Gasteiger partial charge in [-0.3, -0.25) is 9.48 Å². The van der Waals surface area contributed by atoms with Crippen LogP contribution in [-0.2, 0) is 0 Å². The highest BCUT2D eigenvalue weighted by Crippen LogP contribution is 2.14. The van der Waals surface area contributed by atoms with E-state index < -0.39 is 0 Å². The SMILES string of the molecule is CCCCCCCCCCCCCC1=[N+](CC)CCN1CCO. The molecule has 0 atom stereocenters. The summed E-state index contributed by atoms with van der Waals surface area (Å²) in [5.74, 6) is 1.48. The Morgan fingerprint density at radius 3 is 1.96 bits per heavy atom. The molecule has 0 spiro atoms. The van der Waals surface area contributed by atoms with Crippen molar-refractivity contribution in [1.29, 1.82) is 0 Å². The number of unbranched alkanes of at least 4 members (excludes halogenated alkanes) is 10. The second-order valence-corrected chi connectivity index (χ2v) is 6.99. The van der Waals surface area contributed by atoms with E-state index in [0.29, 0.717) is 0 Å². The normalized spacial score (nSPS) is 15.0. The van der Waals surface area contributed by atoms with E-state index in [9.17, 15) is 5.11 Å². The molecule has 3 heteroatoms. The van der Waals surface area contributed by atoms with Crippen LogP contribution >= 0.6 is 0 Å². The number of nitrogens with zero attached hydrogens (tertiary/aromatic N) is 2. The van der Waals surface area contributed by atoms with Gasteiger partial charge >= 0.3 is 0 Å². The zero-order chi connectivity index (χ0) is 16.8. The lowest BCUT2D eigenvalue weighted by molar-refractivity contribution is -0.515. The summed E-state index contributed by atoms with van der Waals surface area (Å²) in [5, 5.41) is 9.19. The summed E-state index contributed by atoms with van der Waals surface area (Å²) in [4.78, 5) is 2.39. The van der Waals surface area contributed by atoms with E-state index in [1.807, 2.05) is 0 Å². The van der Waals surface area contributed by atoms with Crippen molar-refractivity contribution in [2.24, 2.45) is 0 Å². The average molecular weight is 326 g/mol. The summed E-state index contributed by atoms with van der Waals surface area (Å²) in [7, 11) is 0. The number of β-amino-alcohol motifs (C(OH)–C–C–N with tert-alkyl or cyclic N) is 1. The summed E-state index contributed by atoms with van der Waals surface area (Å²) in [6.07, 6.45) is 16.7. The van der Waals surface area contributed by atoms with Crippen LogP contribution in [0.5, 0.6) is 0 Å². The van der Waals surface area contributed by atoms with Gasteiger partial charge in [0.1, 0.15) is 19.6 Å². The van der Waals surface area contributed by atoms with E-state index in [1.54, 1.807) is 0 Å². The Morgan fingerprint density at radius 1 is 0.870 bits per heavy atom. The molecular formula is C20H41N2O+. The zero-order valence-corrected chi connectivity index (χ0v) is 15.9. The summed E-state index contributed by atoms with van der Waals surface area (Å²) >= 11 is 0. The smallest absolute Gasteiger partial charge is 0.247 e. The van der Waals surface area contributed by atoms with Crippen LogP contribution in [0.3, 0.4) is 0 Å². The summed E-state index contributed by atoms with van der Waals surface area (Å²) in [6.45, 7) is 8.96. The molecule has 1 N–H and O–H groups in total. The van der Waals surface area contributed by atoms with Gasteiger partial charge in [-0.1, -0.05) is 71.1 Å². The van der Waals surface area contributed by atoms with Crippen LogP contribution in [-0.4, -0.2) is 53.2 Å². The standard InChI is InChI=1S/C20H41N2O/c1-3-5-6-7-8-9-10-11-12-13-14-15-20-21(4-2)16-17-22(20)18-19-23/h23H,3-19H2,1-2H3/q+1. The molecule has 0 aromatic heterocycles. The molecule has 23 heavy (non-hydrogen) atoms. The van der Waals surface area contributed by atoms with E-state index in [-0.39, 0.29) is 6.61 Å². The number of hydrogen-bond donors (Lipinski definition) is 1. The van der Waals surface area contributed by atoms with Gasteiger partial charge in [0.05, 0.1) is 13.2 Å². The van der Waals surface area contributed by atoms with E-state index in [1.165, 1.54) is 82.9 Å². The van der Waals surface area contributed by atoms with Gasteiger partial charge in [-0.15, -0.1) is 0 Å². The van der Waals surface area contributed by atoms with Crippen LogP contribution in [0.2, 0.25) is 0 Å². The lowest BCUT2D eigenvalue weighted by Crippen LogP contribution is -2.32. The second kappa shape index (κ2) is 13.8. The number of likely N-dealkylation sites (N-methyl/N-ethyl adjacent to an activating group) is 1. The molecular weight excluding hydrogens is 284 g/mol. The van der Waals surface area contributed by atoms with E-state index >= 15 is 0 Å². The first kappa shape index (κ1) is 20.5. The van der Waals surface area contributed by atoms with Gasteiger partial charge in [-0.2, -0.15) is 0 Å². The van der Waals surface area contributed by atoms with E-state index in [0.717, 1.165) is 26.2 Å². The van der Waals surface area contributed by atoms with Gasteiger partial charge in [-0.05, 0) is 13.3 Å². The van der Waals surface area contributed by atoms with Crippen molar-refractivity contribution < 1.29 is 9.68 Å². The first-order chi connectivity index (χ1) is 11.3. The van der Waals surface area contributed by atoms with Crippen LogP contribution in [0.15, 0.2) is 0 Å². The second-order valence-electron chi connectivity index (χ2n) is 6.99. The summed E-state index contributed by atoms with van der Waals surface area (Å²) < 4.78 is 2.49. The van der Waals surface area contributed by atoms with Crippen LogP contribution < -0.4 is 0 Å². The maximum Gasteiger partial charge on any atom is 0.247 e. The topological polar surface area (TPSA) is 26.5 Å². The Bertz CT molecular complexity index is 315. The fraction of sp³-hybridized carbons (Fsp3) is 0.950. The lowest BCUT2D eigenvalue weighted by atomic mass is 10.1. The molecule has 136 valence electrons. The highest BCUT2D eigenvalue weighted by Gasteiger charge is 2.28. The molecule has 0 fully saturated rings. The minimum absolute atomic E-state index is 0.277. The van der Waals surface area contributed by atoms with Crippen molar-refractivity contribution >= 4 is 5.84 Å². The molecule has 1 aliphatic rings. The van der Waals surface area contributed by atoms with E-state index in [2.05, 4.69) is 23.3 Å². The van der Waals surface area contributed by atoms with Crippen LogP contribution in [0.4, 0.5) is 0 Å². The van der Waals surface area contributed by atoms with Crippen molar-refractivity contribution in [2.45, 2.75) is 90.9 Å². The Balaban J connectivity index is 2.01. The number of aliphatic hydroxyl groups is 1. The zero-order valence-electron chi connectivity index (χ0n) is 15.9. The molecule has 0 amide bonds. The van der Waals surface area contributed by atoms with Crippen molar-refractivity contribution in [3.63, 3.8) is 0 Å². The van der Waals surface area contributed by atoms with Crippen molar-refractivity contribution in [2.75, 3.05) is 32.8 Å². The Labute approximate surface area is 144 Å². The van der Waals surface area contributed by atoms with Gasteiger partial charge < -0.3 is 5.11 Å². The number of aliphatic hydroxyl groups excluding tert-OH is 1. The third kappa shape index (κ3) is 8.74. The van der Waals surface area contributed by atoms with Crippen LogP contribution in [0.1, 0.15) is 90.9 Å². The van der Waals surface area contributed by atoms with Crippen molar-refractivity contribution in [1.82, 2.24) is 4.90 Å². The molecule has 1 heterocycles. The Morgan fingerprint density at radius 2 is 1.43 bits per heavy atom. The maximum atomic E-state index is 9.19. The molecule has 3 nitrogen and oxygen atoms in total. The first-order valence-corrected chi connectivity index (χ1v) is 10.3. The van der Waals surface area contributed by atoms with Crippen molar-refractivity contribution in [3.05, 3.63) is 0 Å². The molecule has 0 saturated heterocycles. The summed E-state index contributed by atoms with van der Waals surface area (Å²) in [6, 6.07) is 0. The molecule has 1 aliphatic heterocycles. The van der Waals surface area contributed by atoms with Gasteiger partial charge in [0.2, 0.25) is 5.84 Å². The largest absolute Gasteiger partial charge is 0.392 e. The molecule has 0 radical (unpaired) electrons. The van der Waals surface area contributed by atoms with Gasteiger partial charge in [-0.25, -0.2) is 0 Å². The molecule has 1 rings (SSSR count). The third-order valence-corrected chi connectivity index (χ3v) is 5.13. The fourth-order valence-electron chi connectivity index (χ4n) is 3.67. The number of rotatable bonds is 15. The maximum absolute atomic E-state index is 9.19. The Hall–Kier alpha value is -0.570. The quantitative estimate of drug-likeness (QED) is 0.356. The minimum Gasteiger partial charge on any atom is -0.392 e. The highest BCUT2D eigenvalue weighted by molar-refractivity contribution is 5.78. The monoisotopic (exact) mass is 325 g/mol. The average Bonchev–Trinajstić information content (AvgIpc) is 2.95. The molecule has 0 aliphatic carbocycles. The molecule has 0 saturated carbocycles. The van der Waals surface area contributed by atoms with Crippen molar-refractivity contribution in [3.8, 4) is 0 Å². The first-order valence-electron chi connectivity index (χ1n) is 10.3. The minimum atomic E-state index is 0.277. The Kier molecular flexibility index (Phi) is 12.3. The van der Waals surface area contributed by atoms with Gasteiger partial charge in [0.25, 0.3) is 0 Å². The lowest BCUT2D eigenvalue weighted by Gasteiger charge is -2.12. The number of amidine groups is 1. The van der Waals surface area contributed by atoms with Gasteiger partial charge in [0, 0.05) is 6.42 Å². The van der Waals surface area contributed by atoms with Crippen LogP contribution in [0.25, 0.3) is 0 Å². The fourth-order valence-corrected chi connectivity index (χ4v) is 3.67. The van der Waals surface area contributed by atoms with E-state index in [4.69, 9.17) is 0 Å². The molecule has 0 bridgehead atoms. The van der Waals surface area contributed by atoms with Gasteiger partial charge in [0.15, 0.2) is 0 Å². The molecule has 0 unspecified atom stereocenters. The van der Waals surface area contributed by atoms with Crippen LogP contribution in [0, 0.1) is 0 Å². The predicted octanol–water partition coefficient (Wildman–Crippen LogP) is 4.43.